The highest BCUT2D eigenvalue weighted by molar-refractivity contribution is 9.11. The molecule has 0 saturated heterocycles. The Labute approximate surface area is 121 Å². The number of benzene rings is 1. The number of ketones is 1. The van der Waals surface area contributed by atoms with E-state index in [0.29, 0.717) is 10.0 Å². The molecule has 2 aromatic rings. The molecule has 2 rings (SSSR count). The normalized spacial score (nSPS) is 10.2. The average molecular weight is 372 g/mol. The van der Waals surface area contributed by atoms with Crippen molar-refractivity contribution < 1.29 is 9.53 Å². The lowest BCUT2D eigenvalue weighted by Crippen LogP contribution is -2.08. The highest BCUT2D eigenvalue weighted by Crippen LogP contribution is 2.25. The summed E-state index contributed by atoms with van der Waals surface area (Å²) in [6.07, 6.45) is 2.94. The lowest BCUT2D eigenvalue weighted by atomic mass is 10.1. The van der Waals surface area contributed by atoms with Gasteiger partial charge in [-0.05, 0) is 18.2 Å². The van der Waals surface area contributed by atoms with Gasteiger partial charge in [-0.3, -0.25) is 4.79 Å². The molecule has 0 bridgehead atoms. The number of aromatic nitrogens is 2. The number of nitrogens with zero attached hydrogens (tertiary/aromatic N) is 2. The SMILES string of the molecule is COc1nccnc1C(=O)c1cc(Br)ccc1Br. The van der Waals surface area contributed by atoms with Crippen molar-refractivity contribution in [3.63, 3.8) is 0 Å². The third-order valence-electron chi connectivity index (χ3n) is 2.25. The summed E-state index contributed by atoms with van der Waals surface area (Å²) in [6, 6.07) is 5.36. The maximum Gasteiger partial charge on any atom is 0.243 e. The van der Waals surface area contributed by atoms with E-state index in [-0.39, 0.29) is 17.4 Å². The fourth-order valence-corrected chi connectivity index (χ4v) is 2.22. The van der Waals surface area contributed by atoms with Crippen LogP contribution in [0.4, 0.5) is 0 Å². The van der Waals surface area contributed by atoms with Gasteiger partial charge in [0.25, 0.3) is 0 Å². The Kier molecular flexibility index (Phi) is 4.08. The van der Waals surface area contributed by atoms with Crippen LogP contribution in [0.1, 0.15) is 16.1 Å². The van der Waals surface area contributed by atoms with E-state index in [1.165, 1.54) is 19.5 Å². The second-order valence-electron chi connectivity index (χ2n) is 3.37. The van der Waals surface area contributed by atoms with Crippen LogP contribution in [0.2, 0.25) is 0 Å². The Balaban J connectivity index is 2.51. The van der Waals surface area contributed by atoms with Gasteiger partial charge in [-0.25, -0.2) is 9.97 Å². The summed E-state index contributed by atoms with van der Waals surface area (Å²) in [5.41, 5.74) is 0.696. The van der Waals surface area contributed by atoms with Gasteiger partial charge in [0.15, 0.2) is 5.69 Å². The first-order valence-corrected chi connectivity index (χ1v) is 6.57. The van der Waals surface area contributed by atoms with Crippen LogP contribution in [0.15, 0.2) is 39.5 Å². The topological polar surface area (TPSA) is 52.1 Å². The number of rotatable bonds is 3. The van der Waals surface area contributed by atoms with E-state index >= 15 is 0 Å². The molecular weight excluding hydrogens is 364 g/mol. The largest absolute Gasteiger partial charge is 0.479 e. The molecule has 0 unspecified atom stereocenters. The predicted molar refractivity (Wildman–Crippen MR) is 73.9 cm³/mol. The van der Waals surface area contributed by atoms with Crippen molar-refractivity contribution >= 4 is 37.6 Å². The molecule has 4 nitrogen and oxygen atoms in total. The fourth-order valence-electron chi connectivity index (χ4n) is 1.43. The Morgan fingerprint density at radius 1 is 1.22 bits per heavy atom. The molecule has 0 spiro atoms. The number of halogens is 2. The van der Waals surface area contributed by atoms with E-state index in [2.05, 4.69) is 41.8 Å². The standard InChI is InChI=1S/C12H8Br2N2O2/c1-18-12-10(15-4-5-16-12)11(17)8-6-7(13)2-3-9(8)14/h2-6H,1H3. The van der Waals surface area contributed by atoms with E-state index in [4.69, 9.17) is 4.74 Å². The average Bonchev–Trinajstić information content (AvgIpc) is 2.40. The number of carbonyl (C=O) groups is 1. The van der Waals surface area contributed by atoms with Crippen molar-refractivity contribution in [2.75, 3.05) is 7.11 Å². The second-order valence-corrected chi connectivity index (χ2v) is 5.14. The number of hydrogen-bond acceptors (Lipinski definition) is 4. The van der Waals surface area contributed by atoms with Gasteiger partial charge in [0.1, 0.15) is 0 Å². The van der Waals surface area contributed by atoms with Gasteiger partial charge < -0.3 is 4.74 Å². The Morgan fingerprint density at radius 2 is 1.94 bits per heavy atom. The van der Waals surface area contributed by atoms with Gasteiger partial charge in [0.2, 0.25) is 11.7 Å². The van der Waals surface area contributed by atoms with Crippen LogP contribution < -0.4 is 4.74 Å². The van der Waals surface area contributed by atoms with Gasteiger partial charge in [0, 0.05) is 26.9 Å². The lowest BCUT2D eigenvalue weighted by molar-refractivity contribution is 0.102. The zero-order chi connectivity index (χ0) is 13.1. The summed E-state index contributed by atoms with van der Waals surface area (Å²) in [5.74, 6) is -0.0255. The fraction of sp³-hybridized carbons (Fsp3) is 0.0833. The first-order valence-electron chi connectivity index (χ1n) is 4.98. The lowest BCUT2D eigenvalue weighted by Gasteiger charge is -2.06. The highest BCUT2D eigenvalue weighted by Gasteiger charge is 2.19. The molecule has 18 heavy (non-hydrogen) atoms. The first-order chi connectivity index (χ1) is 8.63. The molecule has 6 heteroatoms. The van der Waals surface area contributed by atoms with Crippen LogP contribution in [0, 0.1) is 0 Å². The van der Waals surface area contributed by atoms with Gasteiger partial charge >= 0.3 is 0 Å². The van der Waals surface area contributed by atoms with Crippen LogP contribution in [-0.4, -0.2) is 22.9 Å². The third kappa shape index (κ3) is 2.59. The number of hydrogen-bond donors (Lipinski definition) is 0. The molecule has 0 aliphatic carbocycles. The van der Waals surface area contributed by atoms with Crippen molar-refractivity contribution in [2.24, 2.45) is 0 Å². The maximum absolute atomic E-state index is 12.4. The smallest absolute Gasteiger partial charge is 0.243 e. The molecule has 0 saturated carbocycles. The predicted octanol–water partition coefficient (Wildman–Crippen LogP) is 3.24. The molecule has 0 aliphatic heterocycles. The molecule has 92 valence electrons. The molecule has 0 fully saturated rings. The van der Waals surface area contributed by atoms with Gasteiger partial charge in [-0.15, -0.1) is 0 Å². The van der Waals surface area contributed by atoms with Crippen molar-refractivity contribution in [1.82, 2.24) is 9.97 Å². The van der Waals surface area contributed by atoms with Crippen LogP contribution >= 0.6 is 31.9 Å². The van der Waals surface area contributed by atoms with E-state index in [9.17, 15) is 4.79 Å². The van der Waals surface area contributed by atoms with E-state index < -0.39 is 0 Å². The minimum atomic E-state index is -0.242. The van der Waals surface area contributed by atoms with Crippen molar-refractivity contribution in [3.05, 3.63) is 50.8 Å². The van der Waals surface area contributed by atoms with E-state index in [1.807, 2.05) is 6.07 Å². The van der Waals surface area contributed by atoms with Crippen LogP contribution in [0.3, 0.4) is 0 Å². The first kappa shape index (κ1) is 13.2. The molecule has 0 amide bonds. The Bertz CT molecular complexity index is 602. The molecular formula is C12H8Br2N2O2. The summed E-state index contributed by atoms with van der Waals surface area (Å²) in [4.78, 5) is 20.4. The molecule has 0 atom stereocenters. The number of methoxy groups -OCH3 is 1. The minimum Gasteiger partial charge on any atom is -0.479 e. The second kappa shape index (κ2) is 5.58. The third-order valence-corrected chi connectivity index (χ3v) is 3.43. The summed E-state index contributed by atoms with van der Waals surface area (Å²) in [7, 11) is 1.46. The van der Waals surface area contributed by atoms with E-state index in [0.717, 1.165) is 4.47 Å². The van der Waals surface area contributed by atoms with Crippen molar-refractivity contribution in [1.29, 1.82) is 0 Å². The molecule has 0 radical (unpaired) electrons. The van der Waals surface area contributed by atoms with Crippen molar-refractivity contribution in [2.45, 2.75) is 0 Å². The molecule has 0 aliphatic rings. The van der Waals surface area contributed by atoms with Gasteiger partial charge in [-0.1, -0.05) is 31.9 Å². The monoisotopic (exact) mass is 370 g/mol. The zero-order valence-corrected chi connectivity index (χ0v) is 12.5. The highest BCUT2D eigenvalue weighted by atomic mass is 79.9. The quantitative estimate of drug-likeness (QED) is 0.777. The summed E-state index contributed by atoms with van der Waals surface area (Å²) in [6.45, 7) is 0. The number of carbonyl (C=O) groups excluding carboxylic acids is 1. The van der Waals surface area contributed by atoms with Crippen LogP contribution in [0.5, 0.6) is 5.88 Å². The van der Waals surface area contributed by atoms with Gasteiger partial charge in [0.05, 0.1) is 7.11 Å². The molecule has 1 aromatic heterocycles. The summed E-state index contributed by atoms with van der Waals surface area (Å²) < 4.78 is 6.55. The molecule has 0 N–H and O–H groups in total. The van der Waals surface area contributed by atoms with Crippen molar-refractivity contribution in [3.8, 4) is 5.88 Å². The number of ether oxygens (including phenoxy) is 1. The van der Waals surface area contributed by atoms with Gasteiger partial charge in [-0.2, -0.15) is 0 Å². The minimum absolute atomic E-state index is 0.193. The van der Waals surface area contributed by atoms with Crippen LogP contribution in [0.25, 0.3) is 0 Å². The Morgan fingerprint density at radius 3 is 2.67 bits per heavy atom. The molecule has 1 heterocycles. The van der Waals surface area contributed by atoms with Crippen LogP contribution in [-0.2, 0) is 0 Å². The van der Waals surface area contributed by atoms with E-state index in [1.54, 1.807) is 12.1 Å². The summed E-state index contributed by atoms with van der Waals surface area (Å²) in [5, 5.41) is 0. The molecule has 1 aromatic carbocycles. The Hall–Kier alpha value is -1.27. The maximum atomic E-state index is 12.4. The zero-order valence-electron chi connectivity index (χ0n) is 9.35. The summed E-state index contributed by atoms with van der Waals surface area (Å²) >= 11 is 6.68.